The van der Waals surface area contributed by atoms with Crippen LogP contribution in [0.2, 0.25) is 0 Å². The van der Waals surface area contributed by atoms with Crippen LogP contribution in [0.1, 0.15) is 18.3 Å². The molecule has 0 aliphatic rings. The zero-order chi connectivity index (χ0) is 12.0. The predicted octanol–water partition coefficient (Wildman–Crippen LogP) is 1.24. The van der Waals surface area contributed by atoms with Crippen molar-refractivity contribution in [2.24, 2.45) is 0 Å². The van der Waals surface area contributed by atoms with Gasteiger partial charge in [0.1, 0.15) is 11.6 Å². The zero-order valence-corrected chi connectivity index (χ0v) is 10.5. The number of ether oxygens (including phenoxy) is 1. The van der Waals surface area contributed by atoms with Crippen molar-refractivity contribution in [1.29, 1.82) is 0 Å². The summed E-state index contributed by atoms with van der Waals surface area (Å²) in [5, 5.41) is 6.36. The van der Waals surface area contributed by atoms with Gasteiger partial charge in [0.15, 0.2) is 5.11 Å². The number of hydrogen-bond acceptors (Lipinski definition) is 4. The number of nitrogens with zero attached hydrogens (tertiary/aromatic N) is 2. The smallest absolute Gasteiger partial charge is 0.171 e. The summed E-state index contributed by atoms with van der Waals surface area (Å²) < 4.78 is 5.33. The van der Waals surface area contributed by atoms with E-state index in [9.17, 15) is 0 Å². The van der Waals surface area contributed by atoms with Gasteiger partial charge in [0.25, 0.3) is 0 Å². The predicted molar refractivity (Wildman–Crippen MR) is 67.4 cm³/mol. The van der Waals surface area contributed by atoms with E-state index in [1.807, 2.05) is 13.8 Å². The van der Waals surface area contributed by atoms with Gasteiger partial charge in [-0.25, -0.2) is 9.97 Å². The molecular formula is C10H16N4OS. The molecule has 1 aromatic heterocycles. The largest absolute Gasteiger partial charge is 0.377 e. The normalized spacial score (nSPS) is 9.94. The second-order valence-corrected chi connectivity index (χ2v) is 3.54. The summed E-state index contributed by atoms with van der Waals surface area (Å²) in [7, 11) is 1.76. The van der Waals surface area contributed by atoms with Crippen LogP contribution in [-0.2, 0) is 11.3 Å². The second kappa shape index (κ2) is 6.34. The maximum Gasteiger partial charge on any atom is 0.171 e. The third-order valence-corrected chi connectivity index (χ3v) is 2.21. The van der Waals surface area contributed by atoms with Gasteiger partial charge in [-0.15, -0.1) is 0 Å². The molecule has 5 nitrogen and oxygen atoms in total. The molecule has 0 radical (unpaired) electrons. The summed E-state index contributed by atoms with van der Waals surface area (Å²) in [5.74, 6) is 1.39. The number of aryl methyl sites for hydroxylation is 1. The molecule has 0 atom stereocenters. The van der Waals surface area contributed by atoms with Gasteiger partial charge in [-0.2, -0.15) is 0 Å². The van der Waals surface area contributed by atoms with Crippen LogP contribution in [-0.4, -0.2) is 28.7 Å². The van der Waals surface area contributed by atoms with Crippen LogP contribution in [0.3, 0.4) is 0 Å². The number of anilines is 1. The van der Waals surface area contributed by atoms with Crippen molar-refractivity contribution >= 4 is 23.1 Å². The zero-order valence-electron chi connectivity index (χ0n) is 9.70. The summed E-state index contributed by atoms with van der Waals surface area (Å²) in [6.45, 7) is 4.91. The average Bonchev–Trinajstić information content (AvgIpc) is 2.28. The van der Waals surface area contributed by atoms with E-state index in [0.717, 1.165) is 5.56 Å². The first-order valence-corrected chi connectivity index (χ1v) is 5.47. The molecule has 1 heterocycles. The number of rotatable bonds is 4. The molecule has 0 aliphatic carbocycles. The van der Waals surface area contributed by atoms with Gasteiger partial charge in [-0.3, -0.25) is 0 Å². The second-order valence-electron chi connectivity index (χ2n) is 3.13. The van der Waals surface area contributed by atoms with E-state index in [-0.39, 0.29) is 0 Å². The van der Waals surface area contributed by atoms with E-state index >= 15 is 0 Å². The fourth-order valence-electron chi connectivity index (χ4n) is 1.09. The molecule has 2 N–H and O–H groups in total. The van der Waals surface area contributed by atoms with E-state index in [0.29, 0.717) is 30.0 Å². The molecule has 1 rings (SSSR count). The summed E-state index contributed by atoms with van der Waals surface area (Å²) in [5.41, 5.74) is 0.894. The summed E-state index contributed by atoms with van der Waals surface area (Å²) in [6, 6.07) is 0. The van der Waals surface area contributed by atoms with Gasteiger partial charge in [0.2, 0.25) is 0 Å². The highest BCUT2D eigenvalue weighted by molar-refractivity contribution is 7.80. The quantitative estimate of drug-likeness (QED) is 0.772. The first-order valence-electron chi connectivity index (χ1n) is 5.06. The Morgan fingerprint density at radius 2 is 2.31 bits per heavy atom. The SMILES string of the molecule is CCOCc1cnc(C)nc1NC(=S)NC. The van der Waals surface area contributed by atoms with Crippen molar-refractivity contribution in [3.63, 3.8) is 0 Å². The minimum Gasteiger partial charge on any atom is -0.377 e. The fourth-order valence-corrected chi connectivity index (χ4v) is 1.19. The van der Waals surface area contributed by atoms with E-state index in [2.05, 4.69) is 20.6 Å². The summed E-state index contributed by atoms with van der Waals surface area (Å²) in [6.07, 6.45) is 1.75. The van der Waals surface area contributed by atoms with Crippen molar-refractivity contribution in [2.45, 2.75) is 20.5 Å². The van der Waals surface area contributed by atoms with Gasteiger partial charge in [0.05, 0.1) is 6.61 Å². The van der Waals surface area contributed by atoms with Gasteiger partial charge in [-0.05, 0) is 26.1 Å². The fraction of sp³-hybridized carbons (Fsp3) is 0.500. The van der Waals surface area contributed by atoms with E-state index < -0.39 is 0 Å². The Kier molecular flexibility index (Phi) is 5.07. The Morgan fingerprint density at radius 1 is 1.56 bits per heavy atom. The molecule has 0 fully saturated rings. The highest BCUT2D eigenvalue weighted by atomic mass is 32.1. The summed E-state index contributed by atoms with van der Waals surface area (Å²) in [4.78, 5) is 8.42. The third kappa shape index (κ3) is 3.71. The molecule has 0 spiro atoms. The molecule has 1 aromatic rings. The van der Waals surface area contributed by atoms with E-state index in [1.165, 1.54) is 0 Å². The highest BCUT2D eigenvalue weighted by Gasteiger charge is 2.06. The lowest BCUT2D eigenvalue weighted by atomic mass is 10.3. The van der Waals surface area contributed by atoms with Crippen LogP contribution in [0.5, 0.6) is 0 Å². The topological polar surface area (TPSA) is 59.1 Å². The molecule has 0 saturated carbocycles. The lowest BCUT2D eigenvalue weighted by Gasteiger charge is -2.11. The minimum atomic E-state index is 0.478. The van der Waals surface area contributed by atoms with Gasteiger partial charge >= 0.3 is 0 Å². The van der Waals surface area contributed by atoms with Crippen molar-refractivity contribution in [2.75, 3.05) is 19.0 Å². The molecule has 16 heavy (non-hydrogen) atoms. The Labute approximate surface area is 101 Å². The van der Waals surface area contributed by atoms with Gasteiger partial charge in [-0.1, -0.05) is 0 Å². The van der Waals surface area contributed by atoms with Crippen molar-refractivity contribution < 1.29 is 4.74 Å². The van der Waals surface area contributed by atoms with E-state index in [1.54, 1.807) is 13.2 Å². The van der Waals surface area contributed by atoms with Crippen LogP contribution < -0.4 is 10.6 Å². The van der Waals surface area contributed by atoms with Crippen molar-refractivity contribution in [3.8, 4) is 0 Å². The lowest BCUT2D eigenvalue weighted by molar-refractivity contribution is 0.134. The molecule has 0 bridgehead atoms. The lowest BCUT2D eigenvalue weighted by Crippen LogP contribution is -2.25. The molecule has 0 aliphatic heterocycles. The third-order valence-electron chi connectivity index (χ3n) is 1.91. The maximum absolute atomic E-state index is 5.33. The molecular weight excluding hydrogens is 224 g/mol. The van der Waals surface area contributed by atoms with Crippen molar-refractivity contribution in [1.82, 2.24) is 15.3 Å². The molecule has 88 valence electrons. The van der Waals surface area contributed by atoms with Gasteiger partial charge in [0, 0.05) is 25.4 Å². The van der Waals surface area contributed by atoms with Crippen LogP contribution in [0.15, 0.2) is 6.20 Å². The molecule has 0 saturated heterocycles. The standard InChI is InChI=1S/C10H16N4OS/c1-4-15-6-8-5-12-7(2)13-9(8)14-10(16)11-3/h5H,4,6H2,1-3H3,(H2,11,12,13,14,16). The minimum absolute atomic E-state index is 0.478. The first-order chi connectivity index (χ1) is 7.67. The van der Waals surface area contributed by atoms with Crippen LogP contribution in [0.4, 0.5) is 5.82 Å². The molecule has 0 aromatic carbocycles. The number of aromatic nitrogens is 2. The highest BCUT2D eigenvalue weighted by Crippen LogP contribution is 2.12. The average molecular weight is 240 g/mol. The first kappa shape index (κ1) is 12.8. The molecule has 0 amide bonds. The molecule has 6 heteroatoms. The summed E-state index contributed by atoms with van der Waals surface area (Å²) >= 11 is 5.03. The Balaban J connectivity index is 2.84. The maximum atomic E-state index is 5.33. The Morgan fingerprint density at radius 3 is 2.94 bits per heavy atom. The van der Waals surface area contributed by atoms with Crippen LogP contribution in [0.25, 0.3) is 0 Å². The number of nitrogens with one attached hydrogen (secondary N) is 2. The number of thiocarbonyl (C=S) groups is 1. The Bertz CT molecular complexity index is 370. The monoisotopic (exact) mass is 240 g/mol. The molecule has 0 unspecified atom stereocenters. The van der Waals surface area contributed by atoms with Crippen molar-refractivity contribution in [3.05, 3.63) is 17.6 Å². The van der Waals surface area contributed by atoms with Gasteiger partial charge < -0.3 is 15.4 Å². The van der Waals surface area contributed by atoms with E-state index in [4.69, 9.17) is 17.0 Å². The van der Waals surface area contributed by atoms with Crippen LogP contribution in [0, 0.1) is 6.92 Å². The Hall–Kier alpha value is -1.27. The number of hydrogen-bond donors (Lipinski definition) is 2. The van der Waals surface area contributed by atoms with Crippen LogP contribution >= 0.6 is 12.2 Å².